The summed E-state index contributed by atoms with van der Waals surface area (Å²) in [5, 5.41) is 24.2. The smallest absolute Gasteiger partial charge is 0.222 e. The molecule has 2 aliphatic heterocycles. The highest BCUT2D eigenvalue weighted by molar-refractivity contribution is 5.77. The van der Waals surface area contributed by atoms with Crippen LogP contribution in [0.2, 0.25) is 0 Å². The number of hydrogen-bond acceptors (Lipinski definition) is 5. The van der Waals surface area contributed by atoms with E-state index in [1.54, 1.807) is 6.07 Å². The lowest BCUT2D eigenvalue weighted by Gasteiger charge is -2.65. The van der Waals surface area contributed by atoms with Gasteiger partial charge in [-0.2, -0.15) is 0 Å². The standard InChI is InChI=1S/C44H62N2O4/c47-37-24-23-35-29-38-44(49)26-25-36(42-43(44,40(35)41(37)50-42)27-28-45(38)30-34-21-22-34)46(31-33-18-12-8-13-19-33)39(48)20-14-6-4-2-1-3-5-9-15-32-16-10-7-11-17-32/h7,10-11,16-17,23-24,33-34,36,38,42,47,49H,1-6,8-9,12-15,18-22,25-31H2/t36?,38-,42?,43+,44-/m1/s1. The molecule has 50 heavy (non-hydrogen) atoms. The van der Waals surface area contributed by atoms with Gasteiger partial charge in [0.2, 0.25) is 5.91 Å². The normalized spacial score (nSPS) is 30.1. The number of likely N-dealkylation sites (tertiary alicyclic amines) is 1. The maximum atomic E-state index is 14.4. The Morgan fingerprint density at radius 2 is 1.58 bits per heavy atom. The molecule has 8 rings (SSSR count). The zero-order valence-corrected chi connectivity index (χ0v) is 30.5. The molecule has 4 fully saturated rings. The first-order valence-electron chi connectivity index (χ1n) is 20.8. The van der Waals surface area contributed by atoms with Crippen LogP contribution in [-0.2, 0) is 23.1 Å². The van der Waals surface area contributed by atoms with Crippen molar-refractivity contribution in [1.82, 2.24) is 9.80 Å². The topological polar surface area (TPSA) is 73.2 Å². The molecule has 0 aromatic heterocycles. The van der Waals surface area contributed by atoms with Gasteiger partial charge in [-0.05, 0) is 106 Å². The Balaban J connectivity index is 0.932. The van der Waals surface area contributed by atoms with Crippen LogP contribution in [0.15, 0.2) is 42.5 Å². The van der Waals surface area contributed by atoms with Crippen LogP contribution < -0.4 is 4.74 Å². The molecular formula is C44H62N2O4. The van der Waals surface area contributed by atoms with Gasteiger partial charge in [0.05, 0.1) is 17.1 Å². The lowest BCUT2D eigenvalue weighted by Crippen LogP contribution is -2.78. The van der Waals surface area contributed by atoms with Crippen molar-refractivity contribution in [2.24, 2.45) is 11.8 Å². The first kappa shape index (κ1) is 34.5. The minimum absolute atomic E-state index is 0.0678. The van der Waals surface area contributed by atoms with Crippen LogP contribution in [0.4, 0.5) is 0 Å². The molecule has 6 nitrogen and oxygen atoms in total. The lowest BCUT2D eigenvalue weighted by molar-refractivity contribution is -0.202. The summed E-state index contributed by atoms with van der Waals surface area (Å²) in [5.41, 5.74) is 2.27. The molecule has 6 heteroatoms. The number of phenolic OH excluding ortho intramolecular Hbond substituents is 1. The van der Waals surface area contributed by atoms with Crippen molar-refractivity contribution in [3.63, 3.8) is 0 Å². The fourth-order valence-electron chi connectivity index (χ4n) is 11.3. The average Bonchev–Trinajstić information content (AvgIpc) is 3.88. The summed E-state index contributed by atoms with van der Waals surface area (Å²) >= 11 is 0. The molecule has 272 valence electrons. The Kier molecular flexibility index (Phi) is 10.2. The summed E-state index contributed by atoms with van der Waals surface area (Å²) < 4.78 is 6.94. The monoisotopic (exact) mass is 682 g/mol. The van der Waals surface area contributed by atoms with Crippen LogP contribution in [0.3, 0.4) is 0 Å². The van der Waals surface area contributed by atoms with Crippen molar-refractivity contribution < 1.29 is 19.7 Å². The number of piperidine rings is 1. The minimum atomic E-state index is -0.908. The van der Waals surface area contributed by atoms with Gasteiger partial charge in [0.15, 0.2) is 11.5 Å². The van der Waals surface area contributed by atoms with Crippen LogP contribution in [-0.4, -0.2) is 69.3 Å². The first-order chi connectivity index (χ1) is 24.5. The van der Waals surface area contributed by atoms with Gasteiger partial charge < -0.3 is 19.8 Å². The van der Waals surface area contributed by atoms with Crippen LogP contribution in [0.5, 0.6) is 11.5 Å². The molecule has 2 unspecified atom stereocenters. The summed E-state index contributed by atoms with van der Waals surface area (Å²) in [6.07, 6.45) is 23.1. The molecule has 2 aromatic carbocycles. The van der Waals surface area contributed by atoms with Crippen molar-refractivity contribution >= 4 is 5.91 Å². The largest absolute Gasteiger partial charge is 0.504 e. The van der Waals surface area contributed by atoms with E-state index in [1.807, 2.05) is 0 Å². The number of benzene rings is 2. The third kappa shape index (κ3) is 6.50. The molecule has 2 bridgehead atoms. The zero-order chi connectivity index (χ0) is 34.1. The molecule has 3 saturated carbocycles. The third-order valence-electron chi connectivity index (χ3n) is 14.1. The molecule has 4 aliphatic carbocycles. The van der Waals surface area contributed by atoms with E-state index in [4.69, 9.17) is 4.74 Å². The van der Waals surface area contributed by atoms with Crippen LogP contribution >= 0.6 is 0 Å². The maximum Gasteiger partial charge on any atom is 0.222 e. The number of carbonyl (C=O) groups excluding carboxylic acids is 1. The Hall–Kier alpha value is -2.57. The van der Waals surface area contributed by atoms with E-state index in [9.17, 15) is 15.0 Å². The van der Waals surface area contributed by atoms with Crippen molar-refractivity contribution in [1.29, 1.82) is 0 Å². The number of hydrogen-bond donors (Lipinski definition) is 2. The van der Waals surface area contributed by atoms with Gasteiger partial charge in [0.1, 0.15) is 6.10 Å². The summed E-state index contributed by atoms with van der Waals surface area (Å²) in [4.78, 5) is 19.3. The molecule has 1 spiro atoms. The minimum Gasteiger partial charge on any atom is -0.504 e. The second-order valence-corrected chi connectivity index (χ2v) is 17.3. The van der Waals surface area contributed by atoms with E-state index >= 15 is 0 Å². The lowest BCUT2D eigenvalue weighted by atomic mass is 9.48. The maximum absolute atomic E-state index is 14.4. The van der Waals surface area contributed by atoms with Gasteiger partial charge in [0.25, 0.3) is 0 Å². The number of rotatable bonds is 16. The van der Waals surface area contributed by atoms with E-state index < -0.39 is 11.0 Å². The van der Waals surface area contributed by atoms with Gasteiger partial charge in [-0.1, -0.05) is 94.2 Å². The van der Waals surface area contributed by atoms with Crippen molar-refractivity contribution in [3.8, 4) is 11.5 Å². The molecule has 1 saturated heterocycles. The average molecular weight is 683 g/mol. The summed E-state index contributed by atoms with van der Waals surface area (Å²) in [6.45, 7) is 2.85. The second kappa shape index (κ2) is 14.8. The Morgan fingerprint density at radius 3 is 2.34 bits per heavy atom. The summed E-state index contributed by atoms with van der Waals surface area (Å²) in [7, 11) is 0. The van der Waals surface area contributed by atoms with Crippen LogP contribution in [0.25, 0.3) is 0 Å². The molecule has 0 radical (unpaired) electrons. The molecule has 6 aliphatic rings. The summed E-state index contributed by atoms with van der Waals surface area (Å²) in [5.74, 6) is 2.38. The zero-order valence-electron chi connectivity index (χ0n) is 30.5. The number of unbranched alkanes of at least 4 members (excludes halogenated alkanes) is 7. The molecule has 2 aromatic rings. The van der Waals surface area contributed by atoms with Crippen molar-refractivity contribution in [3.05, 3.63) is 59.2 Å². The number of aryl methyl sites for hydroxylation is 1. The van der Waals surface area contributed by atoms with Crippen LogP contribution in [0, 0.1) is 11.8 Å². The summed E-state index contributed by atoms with van der Waals surface area (Å²) in [6, 6.07) is 14.7. The van der Waals surface area contributed by atoms with Crippen molar-refractivity contribution in [2.45, 2.75) is 164 Å². The van der Waals surface area contributed by atoms with E-state index in [2.05, 4.69) is 46.2 Å². The Labute approximate surface area is 301 Å². The van der Waals surface area contributed by atoms with Gasteiger partial charge in [0, 0.05) is 31.1 Å². The number of nitrogens with zero attached hydrogens (tertiary/aromatic N) is 2. The SMILES string of the molecule is O=C(CCCCCCCCCCc1ccccc1)N(CC1CCCCC1)C1CC[C@@]2(O)[C@H]3Cc4ccc(O)c5c4[C@@]2(CCN3CC2CC2)C1O5. The van der Waals surface area contributed by atoms with Crippen LogP contribution in [0.1, 0.15) is 139 Å². The number of phenols is 1. The number of carbonyl (C=O) groups is 1. The number of aromatic hydroxyl groups is 1. The van der Waals surface area contributed by atoms with Gasteiger partial charge in [-0.25, -0.2) is 0 Å². The molecule has 5 atom stereocenters. The second-order valence-electron chi connectivity index (χ2n) is 17.3. The van der Waals surface area contributed by atoms with Crippen molar-refractivity contribution in [2.75, 3.05) is 19.6 Å². The van der Waals surface area contributed by atoms with Gasteiger partial charge in [-0.15, -0.1) is 0 Å². The van der Waals surface area contributed by atoms with E-state index in [-0.39, 0.29) is 29.8 Å². The van der Waals surface area contributed by atoms with Gasteiger partial charge in [-0.3, -0.25) is 9.69 Å². The highest BCUT2D eigenvalue weighted by Crippen LogP contribution is 2.66. The highest BCUT2D eigenvalue weighted by atomic mass is 16.5. The number of aliphatic hydroxyl groups is 1. The fourth-order valence-corrected chi connectivity index (χ4v) is 11.3. The Morgan fingerprint density at radius 1 is 0.840 bits per heavy atom. The van der Waals surface area contributed by atoms with Gasteiger partial charge >= 0.3 is 0 Å². The van der Waals surface area contributed by atoms with E-state index in [0.717, 1.165) is 63.2 Å². The van der Waals surface area contributed by atoms with E-state index in [0.29, 0.717) is 24.5 Å². The highest BCUT2D eigenvalue weighted by Gasteiger charge is 2.73. The quantitative estimate of drug-likeness (QED) is 0.174. The molecule has 1 amide bonds. The molecule has 2 N–H and O–H groups in total. The first-order valence-corrected chi connectivity index (χ1v) is 20.8. The fraction of sp³-hybridized carbons (Fsp3) is 0.705. The predicted octanol–water partition coefficient (Wildman–Crippen LogP) is 8.49. The molecule has 2 heterocycles. The predicted molar refractivity (Wildman–Crippen MR) is 199 cm³/mol. The third-order valence-corrected chi connectivity index (χ3v) is 14.1. The number of amides is 1. The molecular weight excluding hydrogens is 620 g/mol. The Bertz CT molecular complexity index is 1470. The van der Waals surface area contributed by atoms with E-state index in [1.165, 1.54) is 101 Å². The number of ether oxygens (including phenoxy) is 1.